The first-order valence-electron chi connectivity index (χ1n) is 5.00. The molecule has 1 aromatic rings. The van der Waals surface area contributed by atoms with Gasteiger partial charge in [-0.15, -0.1) is 0 Å². The Bertz CT molecular complexity index is 286. The summed E-state index contributed by atoms with van der Waals surface area (Å²) >= 11 is 0. The van der Waals surface area contributed by atoms with Gasteiger partial charge in [-0.3, -0.25) is 4.68 Å². The first-order chi connectivity index (χ1) is 6.25. The van der Waals surface area contributed by atoms with Crippen LogP contribution >= 0.6 is 0 Å². The van der Waals surface area contributed by atoms with E-state index in [9.17, 15) is 0 Å². The van der Waals surface area contributed by atoms with Gasteiger partial charge >= 0.3 is 0 Å². The van der Waals surface area contributed by atoms with Crippen molar-refractivity contribution in [3.8, 4) is 0 Å². The molecule has 3 nitrogen and oxygen atoms in total. The topological polar surface area (TPSA) is 29.9 Å². The molecule has 0 aromatic carbocycles. The van der Waals surface area contributed by atoms with Crippen LogP contribution in [0.25, 0.3) is 0 Å². The highest BCUT2D eigenvalue weighted by Crippen LogP contribution is 2.18. The first kappa shape index (κ1) is 8.75. The largest absolute Gasteiger partial charge is 0.312 e. The zero-order valence-electron chi connectivity index (χ0n) is 8.38. The maximum atomic E-state index is 4.40. The molecular formula is C10H17N3. The van der Waals surface area contributed by atoms with Crippen LogP contribution in [-0.2, 0) is 6.54 Å². The predicted molar refractivity (Wildman–Crippen MR) is 52.7 cm³/mol. The lowest BCUT2D eigenvalue weighted by molar-refractivity contribution is 0.541. The highest BCUT2D eigenvalue weighted by atomic mass is 15.3. The lowest BCUT2D eigenvalue weighted by atomic mass is 10.4. The molecule has 1 aliphatic rings. The Hall–Kier alpha value is -0.830. The maximum absolute atomic E-state index is 4.40. The molecular weight excluding hydrogens is 162 g/mol. The molecule has 0 bridgehead atoms. The van der Waals surface area contributed by atoms with Crippen LogP contribution in [-0.4, -0.2) is 22.4 Å². The van der Waals surface area contributed by atoms with E-state index >= 15 is 0 Å². The fraction of sp³-hybridized carbons (Fsp3) is 0.700. The van der Waals surface area contributed by atoms with E-state index in [1.54, 1.807) is 0 Å². The molecule has 1 heterocycles. The van der Waals surface area contributed by atoms with Gasteiger partial charge in [0.2, 0.25) is 0 Å². The third-order valence-corrected chi connectivity index (χ3v) is 2.44. The Labute approximate surface area is 79.1 Å². The van der Waals surface area contributed by atoms with Crippen molar-refractivity contribution in [1.29, 1.82) is 0 Å². The number of hydrogen-bond donors (Lipinski definition) is 1. The van der Waals surface area contributed by atoms with Crippen LogP contribution in [0.4, 0.5) is 0 Å². The Morgan fingerprint density at radius 2 is 2.31 bits per heavy atom. The molecule has 1 saturated carbocycles. The zero-order valence-corrected chi connectivity index (χ0v) is 8.38. The summed E-state index contributed by atoms with van der Waals surface area (Å²) in [6.45, 7) is 6.19. The van der Waals surface area contributed by atoms with Gasteiger partial charge in [0.1, 0.15) is 0 Å². The van der Waals surface area contributed by atoms with Crippen LogP contribution in [0.15, 0.2) is 6.07 Å². The Morgan fingerprint density at radius 1 is 1.54 bits per heavy atom. The Morgan fingerprint density at radius 3 is 2.85 bits per heavy atom. The summed E-state index contributed by atoms with van der Waals surface area (Å²) in [5, 5.41) is 7.88. The quantitative estimate of drug-likeness (QED) is 0.754. The van der Waals surface area contributed by atoms with Crippen molar-refractivity contribution in [1.82, 2.24) is 15.1 Å². The summed E-state index contributed by atoms with van der Waals surface area (Å²) in [6.07, 6.45) is 2.72. The van der Waals surface area contributed by atoms with Crippen LogP contribution < -0.4 is 5.32 Å². The number of aryl methyl sites for hydroxylation is 2. The van der Waals surface area contributed by atoms with Crippen molar-refractivity contribution in [2.45, 2.75) is 39.3 Å². The minimum absolute atomic E-state index is 0.803. The zero-order chi connectivity index (χ0) is 9.26. The molecule has 0 atom stereocenters. The van der Waals surface area contributed by atoms with Crippen molar-refractivity contribution in [2.24, 2.45) is 0 Å². The van der Waals surface area contributed by atoms with Crippen LogP contribution in [0.1, 0.15) is 24.2 Å². The fourth-order valence-electron chi connectivity index (χ4n) is 1.56. The highest BCUT2D eigenvalue weighted by Gasteiger charge is 2.19. The number of rotatable bonds is 4. The van der Waals surface area contributed by atoms with Gasteiger partial charge in [-0.1, -0.05) is 0 Å². The van der Waals surface area contributed by atoms with E-state index in [1.165, 1.54) is 18.5 Å². The van der Waals surface area contributed by atoms with Gasteiger partial charge in [0, 0.05) is 18.3 Å². The van der Waals surface area contributed by atoms with E-state index in [-0.39, 0.29) is 0 Å². The second kappa shape index (κ2) is 3.50. The van der Waals surface area contributed by atoms with Gasteiger partial charge in [-0.25, -0.2) is 0 Å². The third-order valence-electron chi connectivity index (χ3n) is 2.44. The molecule has 1 aliphatic carbocycles. The van der Waals surface area contributed by atoms with Crippen molar-refractivity contribution < 1.29 is 0 Å². The Balaban J connectivity index is 1.81. The molecule has 0 amide bonds. The van der Waals surface area contributed by atoms with E-state index < -0.39 is 0 Å². The molecule has 2 rings (SSSR count). The van der Waals surface area contributed by atoms with Crippen molar-refractivity contribution >= 4 is 0 Å². The van der Waals surface area contributed by atoms with E-state index in [1.807, 2.05) is 6.92 Å². The molecule has 1 aromatic heterocycles. The number of hydrogen-bond acceptors (Lipinski definition) is 2. The van der Waals surface area contributed by atoms with E-state index in [0.717, 1.165) is 24.8 Å². The normalized spacial score (nSPS) is 16.5. The monoisotopic (exact) mass is 179 g/mol. The minimum atomic E-state index is 0.803. The van der Waals surface area contributed by atoms with Crippen molar-refractivity contribution in [3.63, 3.8) is 0 Å². The first-order valence-corrected chi connectivity index (χ1v) is 5.00. The van der Waals surface area contributed by atoms with Gasteiger partial charge in [-0.2, -0.15) is 5.10 Å². The highest BCUT2D eigenvalue weighted by molar-refractivity contribution is 5.06. The molecule has 0 aliphatic heterocycles. The van der Waals surface area contributed by atoms with E-state index in [0.29, 0.717) is 0 Å². The third kappa shape index (κ3) is 2.31. The van der Waals surface area contributed by atoms with Gasteiger partial charge in [-0.05, 0) is 32.8 Å². The van der Waals surface area contributed by atoms with E-state index in [2.05, 4.69) is 28.1 Å². The molecule has 3 heteroatoms. The van der Waals surface area contributed by atoms with Crippen molar-refractivity contribution in [2.75, 3.05) is 6.54 Å². The van der Waals surface area contributed by atoms with E-state index in [4.69, 9.17) is 0 Å². The second-order valence-electron chi connectivity index (χ2n) is 3.88. The molecule has 0 spiro atoms. The molecule has 0 unspecified atom stereocenters. The summed E-state index contributed by atoms with van der Waals surface area (Å²) in [4.78, 5) is 0. The SMILES string of the molecule is Cc1cc(C)n(CCNC2CC2)n1. The van der Waals surface area contributed by atoms with Crippen LogP contribution in [0.2, 0.25) is 0 Å². The molecule has 1 fully saturated rings. The molecule has 1 N–H and O–H groups in total. The number of nitrogens with zero attached hydrogens (tertiary/aromatic N) is 2. The summed E-state index contributed by atoms with van der Waals surface area (Å²) in [5.41, 5.74) is 2.37. The van der Waals surface area contributed by atoms with Gasteiger partial charge in [0.25, 0.3) is 0 Å². The average molecular weight is 179 g/mol. The minimum Gasteiger partial charge on any atom is -0.312 e. The van der Waals surface area contributed by atoms with Crippen LogP contribution in [0, 0.1) is 13.8 Å². The Kier molecular flexibility index (Phi) is 2.36. The number of aromatic nitrogens is 2. The van der Waals surface area contributed by atoms with Crippen LogP contribution in [0.3, 0.4) is 0 Å². The summed E-state index contributed by atoms with van der Waals surface area (Å²) in [6, 6.07) is 2.92. The molecule has 13 heavy (non-hydrogen) atoms. The smallest absolute Gasteiger partial charge is 0.0596 e. The fourth-order valence-corrected chi connectivity index (χ4v) is 1.56. The van der Waals surface area contributed by atoms with Gasteiger partial charge < -0.3 is 5.32 Å². The predicted octanol–water partition coefficient (Wildman–Crippen LogP) is 1.25. The molecule has 72 valence electrons. The summed E-state index contributed by atoms with van der Waals surface area (Å²) in [7, 11) is 0. The lowest BCUT2D eigenvalue weighted by Crippen LogP contribution is -2.22. The maximum Gasteiger partial charge on any atom is 0.0596 e. The molecule has 0 radical (unpaired) electrons. The summed E-state index contributed by atoms with van der Waals surface area (Å²) in [5.74, 6) is 0. The van der Waals surface area contributed by atoms with Crippen molar-refractivity contribution in [3.05, 3.63) is 17.5 Å². The summed E-state index contributed by atoms with van der Waals surface area (Å²) < 4.78 is 2.07. The van der Waals surface area contributed by atoms with Crippen LogP contribution in [0.5, 0.6) is 0 Å². The standard InChI is InChI=1S/C10H17N3/c1-8-7-9(2)13(12-8)6-5-11-10-3-4-10/h7,10-11H,3-6H2,1-2H3. The second-order valence-corrected chi connectivity index (χ2v) is 3.88. The van der Waals surface area contributed by atoms with Gasteiger partial charge in [0.15, 0.2) is 0 Å². The lowest BCUT2D eigenvalue weighted by Gasteiger charge is -2.04. The molecule has 0 saturated heterocycles. The number of nitrogens with one attached hydrogen (secondary N) is 1. The average Bonchev–Trinajstić information content (AvgIpc) is 2.81. The van der Waals surface area contributed by atoms with Gasteiger partial charge in [0.05, 0.1) is 12.2 Å².